The van der Waals surface area contributed by atoms with Crippen molar-refractivity contribution in [3.8, 4) is 0 Å². The van der Waals surface area contributed by atoms with E-state index in [0.29, 0.717) is 19.0 Å². The van der Waals surface area contributed by atoms with Crippen molar-refractivity contribution < 1.29 is 8.42 Å². The topological polar surface area (TPSA) is 58.2 Å². The third-order valence-electron chi connectivity index (χ3n) is 3.24. The van der Waals surface area contributed by atoms with Crippen LogP contribution < -0.4 is 10.0 Å². The first kappa shape index (κ1) is 15.9. The highest BCUT2D eigenvalue weighted by Crippen LogP contribution is 2.18. The van der Waals surface area contributed by atoms with E-state index < -0.39 is 10.0 Å². The van der Waals surface area contributed by atoms with E-state index in [1.807, 2.05) is 24.3 Å². The summed E-state index contributed by atoms with van der Waals surface area (Å²) in [5.41, 5.74) is 0.957. The Labute approximate surface area is 129 Å². The summed E-state index contributed by atoms with van der Waals surface area (Å²) < 4.78 is 27.3. The molecule has 1 fully saturated rings. The molecule has 0 amide bonds. The summed E-state index contributed by atoms with van der Waals surface area (Å²) >= 11 is 3.37. The maximum absolute atomic E-state index is 11.9. The van der Waals surface area contributed by atoms with Crippen molar-refractivity contribution in [3.63, 3.8) is 0 Å². The molecule has 2 rings (SSSR count). The van der Waals surface area contributed by atoms with Crippen LogP contribution in [0.3, 0.4) is 0 Å². The molecule has 0 saturated heterocycles. The van der Waals surface area contributed by atoms with Crippen LogP contribution in [0.15, 0.2) is 28.7 Å². The third-order valence-corrected chi connectivity index (χ3v) is 5.14. The zero-order valence-corrected chi connectivity index (χ0v) is 13.8. The van der Waals surface area contributed by atoms with Crippen LogP contribution in [0.5, 0.6) is 0 Å². The summed E-state index contributed by atoms with van der Waals surface area (Å²) in [6.45, 7) is 1.27. The zero-order valence-electron chi connectivity index (χ0n) is 11.4. The van der Waals surface area contributed by atoms with Gasteiger partial charge in [-0.15, -0.1) is 0 Å². The highest BCUT2D eigenvalue weighted by Gasteiger charge is 2.19. The highest BCUT2D eigenvalue weighted by molar-refractivity contribution is 9.10. The van der Waals surface area contributed by atoms with Crippen molar-refractivity contribution in [1.82, 2.24) is 10.0 Å². The van der Waals surface area contributed by atoms with E-state index in [1.54, 1.807) is 0 Å². The van der Waals surface area contributed by atoms with Gasteiger partial charge in [0.1, 0.15) is 0 Å². The summed E-state index contributed by atoms with van der Waals surface area (Å²) in [5, 5.41) is 3.39. The zero-order chi connectivity index (χ0) is 14.4. The van der Waals surface area contributed by atoms with E-state index in [-0.39, 0.29) is 5.75 Å². The molecule has 1 aliphatic carbocycles. The number of hydrogen-bond acceptors (Lipinski definition) is 3. The Bertz CT molecular complexity index is 530. The van der Waals surface area contributed by atoms with Gasteiger partial charge < -0.3 is 5.32 Å². The van der Waals surface area contributed by atoms with Crippen molar-refractivity contribution in [2.24, 2.45) is 0 Å². The van der Waals surface area contributed by atoms with E-state index >= 15 is 0 Å². The first-order valence-electron chi connectivity index (χ1n) is 7.00. The van der Waals surface area contributed by atoms with E-state index in [9.17, 15) is 8.42 Å². The summed E-state index contributed by atoms with van der Waals surface area (Å²) in [4.78, 5) is 0. The Morgan fingerprint density at radius 2 is 2.05 bits per heavy atom. The van der Waals surface area contributed by atoms with E-state index in [0.717, 1.165) is 23.0 Å². The minimum Gasteiger partial charge on any atom is -0.314 e. The Kier molecular flexibility index (Phi) is 6.01. The molecule has 2 N–H and O–H groups in total. The largest absolute Gasteiger partial charge is 0.314 e. The molecule has 0 heterocycles. The van der Waals surface area contributed by atoms with Gasteiger partial charge in [0.15, 0.2) is 0 Å². The maximum atomic E-state index is 11.9. The van der Waals surface area contributed by atoms with Gasteiger partial charge in [-0.2, -0.15) is 0 Å². The maximum Gasteiger partial charge on any atom is 0.211 e. The SMILES string of the molecule is O=S(=O)(CCCCNC1CC1)NCc1cccc(Br)c1. The fraction of sp³-hybridized carbons (Fsp3) is 0.571. The summed E-state index contributed by atoms with van der Waals surface area (Å²) in [7, 11) is -3.17. The van der Waals surface area contributed by atoms with E-state index in [2.05, 4.69) is 26.0 Å². The molecule has 1 aromatic carbocycles. The molecule has 112 valence electrons. The van der Waals surface area contributed by atoms with Crippen LogP contribution in [-0.2, 0) is 16.6 Å². The molecule has 0 aromatic heterocycles. The van der Waals surface area contributed by atoms with Crippen LogP contribution in [0.1, 0.15) is 31.2 Å². The number of nitrogens with one attached hydrogen (secondary N) is 2. The standard InChI is InChI=1S/C14H21BrN2O2S/c15-13-5-3-4-12(10-13)11-17-20(18,19)9-2-1-8-16-14-6-7-14/h3-5,10,14,16-17H,1-2,6-9,11H2. The van der Waals surface area contributed by atoms with Crippen molar-refractivity contribution in [2.75, 3.05) is 12.3 Å². The Morgan fingerprint density at radius 1 is 1.25 bits per heavy atom. The predicted molar refractivity (Wildman–Crippen MR) is 85.0 cm³/mol. The van der Waals surface area contributed by atoms with Gasteiger partial charge in [-0.25, -0.2) is 13.1 Å². The van der Waals surface area contributed by atoms with Crippen molar-refractivity contribution in [1.29, 1.82) is 0 Å². The predicted octanol–water partition coefficient (Wildman–Crippen LogP) is 2.40. The smallest absolute Gasteiger partial charge is 0.211 e. The van der Waals surface area contributed by atoms with Crippen LogP contribution in [0.4, 0.5) is 0 Å². The summed E-state index contributed by atoms with van der Waals surface area (Å²) in [6.07, 6.45) is 4.15. The number of unbranched alkanes of at least 4 members (excludes halogenated alkanes) is 1. The van der Waals surface area contributed by atoms with Gasteiger partial charge in [0, 0.05) is 17.1 Å². The molecule has 0 bridgehead atoms. The summed E-state index contributed by atoms with van der Waals surface area (Å²) in [5.74, 6) is 0.202. The van der Waals surface area contributed by atoms with Gasteiger partial charge in [-0.3, -0.25) is 0 Å². The lowest BCUT2D eigenvalue weighted by molar-refractivity contribution is 0.573. The molecule has 0 radical (unpaired) electrons. The fourth-order valence-corrected chi connectivity index (χ4v) is 3.48. The lowest BCUT2D eigenvalue weighted by Crippen LogP contribution is -2.26. The third kappa shape index (κ3) is 6.35. The fourth-order valence-electron chi connectivity index (χ4n) is 1.92. The van der Waals surface area contributed by atoms with Gasteiger partial charge in [0.2, 0.25) is 10.0 Å². The van der Waals surface area contributed by atoms with Crippen molar-refractivity contribution >= 4 is 26.0 Å². The van der Waals surface area contributed by atoms with Crippen LogP contribution >= 0.6 is 15.9 Å². The number of hydrogen-bond donors (Lipinski definition) is 2. The van der Waals surface area contributed by atoms with E-state index in [4.69, 9.17) is 0 Å². The second-order valence-corrected chi connectivity index (χ2v) is 8.05. The number of rotatable bonds is 9. The van der Waals surface area contributed by atoms with Gasteiger partial charge in [0.05, 0.1) is 5.75 Å². The van der Waals surface area contributed by atoms with Gasteiger partial charge in [-0.05, 0) is 49.9 Å². The van der Waals surface area contributed by atoms with Crippen LogP contribution in [-0.4, -0.2) is 26.8 Å². The van der Waals surface area contributed by atoms with Crippen molar-refractivity contribution in [3.05, 3.63) is 34.3 Å². The lowest BCUT2D eigenvalue weighted by atomic mass is 10.2. The quantitative estimate of drug-likeness (QED) is 0.664. The molecular formula is C14H21BrN2O2S. The van der Waals surface area contributed by atoms with Crippen LogP contribution in [0, 0.1) is 0 Å². The highest BCUT2D eigenvalue weighted by atomic mass is 79.9. The first-order chi connectivity index (χ1) is 9.55. The molecular weight excluding hydrogens is 340 g/mol. The van der Waals surface area contributed by atoms with Gasteiger partial charge >= 0.3 is 0 Å². The second kappa shape index (κ2) is 7.54. The average molecular weight is 361 g/mol. The van der Waals surface area contributed by atoms with Crippen LogP contribution in [0.2, 0.25) is 0 Å². The van der Waals surface area contributed by atoms with Crippen LogP contribution in [0.25, 0.3) is 0 Å². The molecule has 0 aliphatic heterocycles. The Hall–Kier alpha value is -0.430. The molecule has 1 aromatic rings. The molecule has 1 aliphatic rings. The van der Waals surface area contributed by atoms with Gasteiger partial charge in [0.25, 0.3) is 0 Å². The lowest BCUT2D eigenvalue weighted by Gasteiger charge is -2.07. The second-order valence-electron chi connectivity index (χ2n) is 5.21. The number of halogens is 1. The first-order valence-corrected chi connectivity index (χ1v) is 9.45. The molecule has 6 heteroatoms. The normalized spacial score (nSPS) is 15.4. The Morgan fingerprint density at radius 3 is 2.75 bits per heavy atom. The summed E-state index contributed by atoms with van der Waals surface area (Å²) in [6, 6.07) is 8.35. The minimum atomic E-state index is -3.17. The molecule has 0 unspecified atom stereocenters. The van der Waals surface area contributed by atoms with E-state index in [1.165, 1.54) is 12.8 Å². The Balaban J connectivity index is 1.64. The monoisotopic (exact) mass is 360 g/mol. The average Bonchev–Trinajstić information content (AvgIpc) is 3.20. The van der Waals surface area contributed by atoms with Gasteiger partial charge in [-0.1, -0.05) is 28.1 Å². The minimum absolute atomic E-state index is 0.202. The molecule has 1 saturated carbocycles. The molecule has 0 spiro atoms. The van der Waals surface area contributed by atoms with Crippen molar-refractivity contribution in [2.45, 2.75) is 38.3 Å². The molecule has 4 nitrogen and oxygen atoms in total. The number of sulfonamides is 1. The molecule has 0 atom stereocenters. The number of benzene rings is 1. The molecule has 20 heavy (non-hydrogen) atoms.